The molecule has 21 heavy (non-hydrogen) atoms. The maximum absolute atomic E-state index is 13.6. The van der Waals surface area contributed by atoms with Crippen molar-refractivity contribution >= 4 is 11.7 Å². The Morgan fingerprint density at radius 2 is 2.33 bits per heavy atom. The highest BCUT2D eigenvalue weighted by atomic mass is 19.1. The number of hydrogen-bond acceptors (Lipinski definition) is 5. The highest BCUT2D eigenvalue weighted by Gasteiger charge is 2.08. The van der Waals surface area contributed by atoms with E-state index in [9.17, 15) is 9.18 Å². The molecule has 0 fully saturated rings. The molecule has 0 aliphatic heterocycles. The standard InChI is InChI=1S/C13H15FN4O3/c1-2-21-12-4-3-9(7-10(12)14)15-5-6-18-8-11(13(19)20)16-17-18/h3-4,7-8,15H,2,5-6H2,1H3,(H,19,20). The van der Waals surface area contributed by atoms with Gasteiger partial charge in [0.2, 0.25) is 0 Å². The molecule has 7 nitrogen and oxygen atoms in total. The molecule has 0 amide bonds. The van der Waals surface area contributed by atoms with Crippen LogP contribution in [-0.4, -0.2) is 39.2 Å². The van der Waals surface area contributed by atoms with E-state index in [1.54, 1.807) is 19.1 Å². The Hall–Kier alpha value is -2.64. The molecule has 2 rings (SSSR count). The summed E-state index contributed by atoms with van der Waals surface area (Å²) >= 11 is 0. The zero-order valence-corrected chi connectivity index (χ0v) is 11.4. The van der Waals surface area contributed by atoms with Crippen LogP contribution in [0.5, 0.6) is 5.75 Å². The second kappa shape index (κ2) is 6.69. The molecule has 0 atom stereocenters. The fourth-order valence-corrected chi connectivity index (χ4v) is 1.70. The number of aromatic carboxylic acids is 1. The van der Waals surface area contributed by atoms with Gasteiger partial charge in [-0.15, -0.1) is 5.10 Å². The zero-order chi connectivity index (χ0) is 15.2. The number of carboxylic acid groups (broad SMARTS) is 1. The van der Waals surface area contributed by atoms with Gasteiger partial charge in [-0.3, -0.25) is 0 Å². The highest BCUT2D eigenvalue weighted by molar-refractivity contribution is 5.84. The maximum atomic E-state index is 13.6. The third-order valence-corrected chi connectivity index (χ3v) is 2.66. The maximum Gasteiger partial charge on any atom is 0.358 e. The highest BCUT2D eigenvalue weighted by Crippen LogP contribution is 2.20. The summed E-state index contributed by atoms with van der Waals surface area (Å²) in [6.45, 7) is 3.06. The topological polar surface area (TPSA) is 89.3 Å². The van der Waals surface area contributed by atoms with Crippen LogP contribution in [0.15, 0.2) is 24.4 Å². The van der Waals surface area contributed by atoms with Crippen LogP contribution in [0.3, 0.4) is 0 Å². The number of halogens is 1. The van der Waals surface area contributed by atoms with Crippen LogP contribution >= 0.6 is 0 Å². The summed E-state index contributed by atoms with van der Waals surface area (Å²) in [4.78, 5) is 10.6. The molecule has 1 heterocycles. The Morgan fingerprint density at radius 3 is 2.95 bits per heavy atom. The molecule has 0 aliphatic rings. The van der Waals surface area contributed by atoms with Crippen molar-refractivity contribution in [2.45, 2.75) is 13.5 Å². The van der Waals surface area contributed by atoms with E-state index in [-0.39, 0.29) is 11.4 Å². The summed E-state index contributed by atoms with van der Waals surface area (Å²) in [6.07, 6.45) is 1.34. The number of carbonyl (C=O) groups is 1. The van der Waals surface area contributed by atoms with Gasteiger partial charge in [-0.2, -0.15) is 0 Å². The van der Waals surface area contributed by atoms with Crippen molar-refractivity contribution in [1.29, 1.82) is 0 Å². The van der Waals surface area contributed by atoms with E-state index in [0.29, 0.717) is 25.4 Å². The molecule has 2 N–H and O–H groups in total. The van der Waals surface area contributed by atoms with Gasteiger partial charge in [-0.25, -0.2) is 13.9 Å². The lowest BCUT2D eigenvalue weighted by molar-refractivity contribution is 0.0690. The van der Waals surface area contributed by atoms with E-state index in [2.05, 4.69) is 15.6 Å². The number of aromatic nitrogens is 3. The Morgan fingerprint density at radius 1 is 1.52 bits per heavy atom. The molecule has 1 aromatic heterocycles. The second-order valence-electron chi connectivity index (χ2n) is 4.18. The molecular weight excluding hydrogens is 279 g/mol. The number of nitrogens with one attached hydrogen (secondary N) is 1. The molecule has 112 valence electrons. The summed E-state index contributed by atoms with van der Waals surface area (Å²) in [5.41, 5.74) is 0.497. The van der Waals surface area contributed by atoms with Crippen molar-refractivity contribution < 1.29 is 19.0 Å². The van der Waals surface area contributed by atoms with Crippen LogP contribution < -0.4 is 10.1 Å². The minimum atomic E-state index is -1.12. The first-order valence-corrected chi connectivity index (χ1v) is 6.39. The third kappa shape index (κ3) is 3.91. The number of nitrogens with zero attached hydrogens (tertiary/aromatic N) is 3. The van der Waals surface area contributed by atoms with E-state index in [1.807, 2.05) is 0 Å². The predicted molar refractivity (Wildman–Crippen MR) is 73.0 cm³/mol. The lowest BCUT2D eigenvalue weighted by Crippen LogP contribution is -2.11. The first kappa shape index (κ1) is 14.8. The van der Waals surface area contributed by atoms with Gasteiger partial charge in [0.05, 0.1) is 19.3 Å². The molecule has 2 aromatic rings. The van der Waals surface area contributed by atoms with Crippen LogP contribution in [0.1, 0.15) is 17.4 Å². The quantitative estimate of drug-likeness (QED) is 0.806. The normalized spacial score (nSPS) is 10.4. The van der Waals surface area contributed by atoms with Crippen molar-refractivity contribution in [3.05, 3.63) is 35.9 Å². The van der Waals surface area contributed by atoms with E-state index in [4.69, 9.17) is 9.84 Å². The SMILES string of the molecule is CCOc1ccc(NCCn2cc(C(=O)O)nn2)cc1F. The van der Waals surface area contributed by atoms with E-state index < -0.39 is 11.8 Å². The number of benzene rings is 1. The average Bonchev–Trinajstić information content (AvgIpc) is 2.91. The third-order valence-electron chi connectivity index (χ3n) is 2.66. The van der Waals surface area contributed by atoms with Gasteiger partial charge in [-0.1, -0.05) is 5.21 Å². The molecule has 0 bridgehead atoms. The number of hydrogen-bond donors (Lipinski definition) is 2. The Balaban J connectivity index is 1.88. The summed E-state index contributed by atoms with van der Waals surface area (Å²) in [6, 6.07) is 4.60. The molecule has 1 aromatic carbocycles. The molecule has 0 spiro atoms. The lowest BCUT2D eigenvalue weighted by atomic mass is 10.3. The van der Waals surface area contributed by atoms with Crippen LogP contribution in [0.4, 0.5) is 10.1 Å². The number of rotatable bonds is 7. The van der Waals surface area contributed by atoms with Gasteiger partial charge in [-0.05, 0) is 19.1 Å². The molecular formula is C13H15FN4O3. The molecule has 0 aliphatic carbocycles. The van der Waals surface area contributed by atoms with Crippen molar-refractivity contribution in [2.75, 3.05) is 18.5 Å². The van der Waals surface area contributed by atoms with Gasteiger partial charge >= 0.3 is 5.97 Å². The summed E-state index contributed by atoms with van der Waals surface area (Å²) < 4.78 is 20.1. The average molecular weight is 294 g/mol. The summed E-state index contributed by atoms with van der Waals surface area (Å²) in [5.74, 6) is -1.34. The Kier molecular flexibility index (Phi) is 4.70. The van der Waals surface area contributed by atoms with Crippen LogP contribution in [0, 0.1) is 5.82 Å². The smallest absolute Gasteiger partial charge is 0.358 e. The van der Waals surface area contributed by atoms with Gasteiger partial charge in [0.25, 0.3) is 0 Å². The van der Waals surface area contributed by atoms with Crippen LogP contribution in [-0.2, 0) is 6.54 Å². The van der Waals surface area contributed by atoms with Crippen molar-refractivity contribution in [2.24, 2.45) is 0 Å². The van der Waals surface area contributed by atoms with E-state index in [0.717, 1.165) is 0 Å². The first-order chi connectivity index (χ1) is 10.1. The monoisotopic (exact) mass is 294 g/mol. The van der Waals surface area contributed by atoms with Crippen molar-refractivity contribution in [3.8, 4) is 5.75 Å². The fraction of sp³-hybridized carbons (Fsp3) is 0.308. The summed E-state index contributed by atoms with van der Waals surface area (Å²) in [7, 11) is 0. The van der Waals surface area contributed by atoms with Gasteiger partial charge in [0.1, 0.15) is 0 Å². The van der Waals surface area contributed by atoms with Gasteiger partial charge < -0.3 is 15.2 Å². The number of ether oxygens (including phenoxy) is 1. The molecule has 0 radical (unpaired) electrons. The molecule has 0 unspecified atom stereocenters. The Labute approximate surface area is 120 Å². The van der Waals surface area contributed by atoms with Crippen molar-refractivity contribution in [3.63, 3.8) is 0 Å². The van der Waals surface area contributed by atoms with Crippen LogP contribution in [0.2, 0.25) is 0 Å². The van der Waals surface area contributed by atoms with Crippen LogP contribution in [0.25, 0.3) is 0 Å². The Bertz CT molecular complexity index is 630. The lowest BCUT2D eigenvalue weighted by Gasteiger charge is -2.09. The van der Waals surface area contributed by atoms with Crippen molar-refractivity contribution in [1.82, 2.24) is 15.0 Å². The van der Waals surface area contributed by atoms with E-state index in [1.165, 1.54) is 16.9 Å². The zero-order valence-electron chi connectivity index (χ0n) is 11.4. The molecule has 0 saturated carbocycles. The predicted octanol–water partition coefficient (Wildman–Crippen LogP) is 1.63. The molecule has 0 saturated heterocycles. The van der Waals surface area contributed by atoms with E-state index >= 15 is 0 Å². The first-order valence-electron chi connectivity index (χ1n) is 6.39. The minimum absolute atomic E-state index is 0.109. The fourth-order valence-electron chi connectivity index (χ4n) is 1.70. The van der Waals surface area contributed by atoms with Gasteiger partial charge in [0, 0.05) is 18.3 Å². The molecule has 8 heteroatoms. The summed E-state index contributed by atoms with van der Waals surface area (Å²) in [5, 5.41) is 18.9. The number of carboxylic acids is 1. The number of anilines is 1. The largest absolute Gasteiger partial charge is 0.491 e. The minimum Gasteiger partial charge on any atom is -0.491 e. The van der Waals surface area contributed by atoms with Gasteiger partial charge in [0.15, 0.2) is 17.3 Å². The second-order valence-corrected chi connectivity index (χ2v) is 4.18.